The summed E-state index contributed by atoms with van der Waals surface area (Å²) < 4.78 is 7.46. The number of rotatable bonds is 1. The molecule has 0 aliphatic carbocycles. The fraction of sp³-hybridized carbons (Fsp3) is 0.118. The van der Waals surface area contributed by atoms with Gasteiger partial charge in [0.15, 0.2) is 0 Å². The van der Waals surface area contributed by atoms with Gasteiger partial charge in [0.1, 0.15) is 0 Å². The first-order chi connectivity index (χ1) is 9.78. The van der Waals surface area contributed by atoms with Crippen LogP contribution in [0.5, 0.6) is 5.75 Å². The number of aromatic nitrogens is 2. The van der Waals surface area contributed by atoms with Gasteiger partial charge in [-0.1, -0.05) is 35.0 Å². The third-order valence-electron chi connectivity index (χ3n) is 3.65. The minimum Gasteiger partial charge on any atom is -0.540 e. The molecule has 0 atom stereocenters. The van der Waals surface area contributed by atoms with Crippen LogP contribution in [-0.2, 0) is 20.1 Å². The van der Waals surface area contributed by atoms with Gasteiger partial charge in [-0.25, -0.2) is 0 Å². The third kappa shape index (κ3) is 2.03. The number of hydrogen-bond acceptors (Lipinski definition) is 2. The number of hydrogen-bond donors (Lipinski definition) is 0. The topological polar surface area (TPSA) is 26.5 Å². The van der Waals surface area contributed by atoms with Crippen molar-refractivity contribution in [1.82, 2.24) is 9.38 Å². The molecule has 3 nitrogen and oxygen atoms in total. The molecule has 107 valence electrons. The Morgan fingerprint density at radius 3 is 2.81 bits per heavy atom. The summed E-state index contributed by atoms with van der Waals surface area (Å²) in [6, 6.07) is 15.6. The molecule has 0 fully saturated rings. The molecule has 2 aromatic carbocycles. The minimum atomic E-state index is 0. The molecule has 4 rings (SSSR count). The number of para-hydroxylation sites is 1. The Balaban J connectivity index is 0.00000132. The maximum atomic E-state index is 5.33. The fourth-order valence-electron chi connectivity index (χ4n) is 2.76. The molecule has 0 amide bonds. The van der Waals surface area contributed by atoms with Crippen molar-refractivity contribution >= 4 is 27.3 Å². The average molecular weight is 454 g/mol. The molecular weight excluding hydrogens is 440 g/mol. The van der Waals surface area contributed by atoms with Crippen molar-refractivity contribution in [2.24, 2.45) is 0 Å². The predicted molar refractivity (Wildman–Crippen MR) is 80.3 cm³/mol. The summed E-state index contributed by atoms with van der Waals surface area (Å²) in [5.41, 5.74) is 3.10. The van der Waals surface area contributed by atoms with Crippen molar-refractivity contribution in [3.8, 4) is 5.75 Å². The standard InChI is InChI=1S/C17H13N2O.Ir/c1-11-10-19-16-6-4-3-5-13(16)15-9-12(20-2)7-8-14(15)17(19)18-11;/h3-7,9-10H,1-2H3;/q-1;. The molecule has 0 spiro atoms. The van der Waals surface area contributed by atoms with E-state index in [1.54, 1.807) is 7.11 Å². The average Bonchev–Trinajstić information content (AvgIpc) is 2.89. The minimum absolute atomic E-state index is 0. The molecule has 0 saturated carbocycles. The van der Waals surface area contributed by atoms with Crippen LogP contribution in [-0.4, -0.2) is 16.5 Å². The number of ether oxygens (including phenoxy) is 1. The van der Waals surface area contributed by atoms with Gasteiger partial charge in [-0.3, -0.25) is 4.98 Å². The molecule has 1 radical (unpaired) electrons. The van der Waals surface area contributed by atoms with Gasteiger partial charge in [-0.2, -0.15) is 0 Å². The molecule has 0 N–H and O–H groups in total. The summed E-state index contributed by atoms with van der Waals surface area (Å²) in [5.74, 6) is 0.815. The number of benzene rings is 2. The van der Waals surface area contributed by atoms with Crippen LogP contribution in [0.25, 0.3) is 27.3 Å². The smallest absolute Gasteiger partial charge is 0.0647 e. The molecular formula is C17H13IrN2O-. The summed E-state index contributed by atoms with van der Waals surface area (Å²) in [6.07, 6.45) is 2.06. The van der Waals surface area contributed by atoms with Gasteiger partial charge in [-0.15, -0.1) is 12.1 Å². The van der Waals surface area contributed by atoms with E-state index < -0.39 is 0 Å². The largest absolute Gasteiger partial charge is 0.540 e. The van der Waals surface area contributed by atoms with Gasteiger partial charge in [0.25, 0.3) is 0 Å². The van der Waals surface area contributed by atoms with Crippen LogP contribution in [0.2, 0.25) is 0 Å². The van der Waals surface area contributed by atoms with E-state index in [0.29, 0.717) is 0 Å². The van der Waals surface area contributed by atoms with E-state index in [4.69, 9.17) is 4.74 Å². The fourth-order valence-corrected chi connectivity index (χ4v) is 2.76. The second kappa shape index (κ2) is 5.14. The van der Waals surface area contributed by atoms with Crippen molar-refractivity contribution in [3.63, 3.8) is 0 Å². The Kier molecular flexibility index (Phi) is 3.44. The van der Waals surface area contributed by atoms with E-state index in [1.165, 1.54) is 5.39 Å². The van der Waals surface area contributed by atoms with Crippen LogP contribution in [0.3, 0.4) is 0 Å². The van der Waals surface area contributed by atoms with Gasteiger partial charge in [-0.05, 0) is 18.4 Å². The SMILES string of the molecule is COc1c[c-]c2c(c1)c1ccccc1n1cc(C)nc21.[Ir]. The Morgan fingerprint density at radius 2 is 2.00 bits per heavy atom. The summed E-state index contributed by atoms with van der Waals surface area (Å²) in [5, 5.41) is 3.33. The number of fused-ring (bicyclic) bond motifs is 6. The Labute approximate surface area is 135 Å². The summed E-state index contributed by atoms with van der Waals surface area (Å²) in [7, 11) is 1.68. The molecule has 2 heterocycles. The number of nitrogens with zero attached hydrogens (tertiary/aromatic N) is 2. The van der Waals surface area contributed by atoms with Crippen LogP contribution in [0.1, 0.15) is 5.69 Å². The van der Waals surface area contributed by atoms with E-state index in [0.717, 1.165) is 33.4 Å². The van der Waals surface area contributed by atoms with Crippen LogP contribution >= 0.6 is 0 Å². The summed E-state index contributed by atoms with van der Waals surface area (Å²) in [4.78, 5) is 4.64. The van der Waals surface area contributed by atoms with Gasteiger partial charge in [0, 0.05) is 43.3 Å². The first-order valence-electron chi connectivity index (χ1n) is 6.54. The Morgan fingerprint density at radius 1 is 1.19 bits per heavy atom. The van der Waals surface area contributed by atoms with E-state index in [-0.39, 0.29) is 20.1 Å². The van der Waals surface area contributed by atoms with Gasteiger partial charge >= 0.3 is 0 Å². The first-order valence-corrected chi connectivity index (χ1v) is 6.54. The number of pyridine rings is 1. The quantitative estimate of drug-likeness (QED) is 0.324. The van der Waals surface area contributed by atoms with E-state index in [9.17, 15) is 0 Å². The van der Waals surface area contributed by atoms with Crippen LogP contribution in [0, 0.1) is 13.0 Å². The van der Waals surface area contributed by atoms with Crippen molar-refractivity contribution in [2.45, 2.75) is 6.92 Å². The third-order valence-corrected chi connectivity index (χ3v) is 3.65. The molecule has 0 aliphatic rings. The van der Waals surface area contributed by atoms with Crippen LogP contribution in [0.4, 0.5) is 0 Å². The zero-order valence-electron chi connectivity index (χ0n) is 11.7. The molecule has 2 aromatic heterocycles. The molecule has 0 bridgehead atoms. The molecule has 0 saturated heterocycles. The van der Waals surface area contributed by atoms with Gasteiger partial charge in [0.2, 0.25) is 0 Å². The second-order valence-corrected chi connectivity index (χ2v) is 4.92. The van der Waals surface area contributed by atoms with E-state index in [1.807, 2.05) is 19.1 Å². The number of aryl methyl sites for hydroxylation is 1. The second-order valence-electron chi connectivity index (χ2n) is 4.92. The molecule has 0 aliphatic heterocycles. The predicted octanol–water partition coefficient (Wildman–Crippen LogP) is 3.76. The molecule has 4 aromatic rings. The van der Waals surface area contributed by atoms with Crippen LogP contribution < -0.4 is 4.74 Å². The van der Waals surface area contributed by atoms with Crippen molar-refractivity contribution in [2.75, 3.05) is 7.11 Å². The molecule has 4 heteroatoms. The monoisotopic (exact) mass is 454 g/mol. The number of imidazole rings is 1. The number of methoxy groups -OCH3 is 1. The normalized spacial score (nSPS) is 11.0. The zero-order valence-corrected chi connectivity index (χ0v) is 14.1. The van der Waals surface area contributed by atoms with Gasteiger partial charge in [0.05, 0.1) is 12.8 Å². The zero-order chi connectivity index (χ0) is 13.7. The summed E-state index contributed by atoms with van der Waals surface area (Å²) >= 11 is 0. The first kappa shape index (κ1) is 14.1. The Hall–Kier alpha value is -1.90. The molecule has 21 heavy (non-hydrogen) atoms. The van der Waals surface area contributed by atoms with Crippen molar-refractivity contribution in [3.05, 3.63) is 54.4 Å². The van der Waals surface area contributed by atoms with Crippen molar-refractivity contribution in [1.29, 1.82) is 0 Å². The maximum Gasteiger partial charge on any atom is 0.0647 e. The van der Waals surface area contributed by atoms with Gasteiger partial charge < -0.3 is 9.14 Å². The van der Waals surface area contributed by atoms with E-state index >= 15 is 0 Å². The Bertz CT molecular complexity index is 959. The maximum absolute atomic E-state index is 5.33. The summed E-state index contributed by atoms with van der Waals surface area (Å²) in [6.45, 7) is 2.01. The van der Waals surface area contributed by atoms with E-state index in [2.05, 4.69) is 45.9 Å². The molecule has 0 unspecified atom stereocenters. The van der Waals surface area contributed by atoms with Crippen molar-refractivity contribution < 1.29 is 24.8 Å². The van der Waals surface area contributed by atoms with Crippen LogP contribution in [0.15, 0.2) is 42.6 Å².